The number of nitrogens with one attached hydrogen (secondary N) is 2. The molecule has 1 aromatic carbocycles. The summed E-state index contributed by atoms with van der Waals surface area (Å²) in [5.41, 5.74) is -0.0247. The molecule has 9 nitrogen and oxygen atoms in total. The third-order valence-electron chi connectivity index (χ3n) is 6.75. The predicted octanol–water partition coefficient (Wildman–Crippen LogP) is 1.40. The predicted molar refractivity (Wildman–Crippen MR) is 124 cm³/mol. The number of aromatic nitrogens is 2. The van der Waals surface area contributed by atoms with Crippen molar-refractivity contribution in [3.63, 3.8) is 0 Å². The fourth-order valence-electron chi connectivity index (χ4n) is 4.41. The molecule has 182 valence electrons. The van der Waals surface area contributed by atoms with Crippen LogP contribution in [-0.2, 0) is 17.9 Å². The molecule has 34 heavy (non-hydrogen) atoms. The number of likely N-dealkylation sites (N-methyl/N-ethyl adjacent to an activating group) is 1. The highest BCUT2D eigenvalue weighted by Crippen LogP contribution is 2.26. The molecule has 1 aromatic heterocycles. The quantitative estimate of drug-likeness (QED) is 0.637. The summed E-state index contributed by atoms with van der Waals surface area (Å²) >= 11 is 0. The molecule has 2 aliphatic rings. The molecule has 2 aromatic rings. The van der Waals surface area contributed by atoms with E-state index < -0.39 is 5.54 Å². The van der Waals surface area contributed by atoms with E-state index >= 15 is 0 Å². The molecule has 0 spiro atoms. The van der Waals surface area contributed by atoms with Gasteiger partial charge >= 0.3 is 0 Å². The van der Waals surface area contributed by atoms with Crippen LogP contribution in [0.1, 0.15) is 52.7 Å². The molecule has 1 saturated heterocycles. The molecule has 2 aliphatic heterocycles. The maximum atomic E-state index is 13.1. The lowest BCUT2D eigenvalue weighted by Crippen LogP contribution is -2.62. The van der Waals surface area contributed by atoms with Gasteiger partial charge in [0.25, 0.3) is 11.8 Å². The fourth-order valence-corrected chi connectivity index (χ4v) is 4.41. The van der Waals surface area contributed by atoms with Crippen LogP contribution in [0.25, 0.3) is 0 Å². The van der Waals surface area contributed by atoms with E-state index in [4.69, 9.17) is 0 Å². The first-order chi connectivity index (χ1) is 16.3. The molecule has 0 radical (unpaired) electrons. The first kappa shape index (κ1) is 23.9. The number of piperidine rings is 1. The van der Waals surface area contributed by atoms with Crippen molar-refractivity contribution in [2.75, 3.05) is 33.2 Å². The van der Waals surface area contributed by atoms with Crippen LogP contribution < -0.4 is 10.6 Å². The van der Waals surface area contributed by atoms with Crippen molar-refractivity contribution >= 4 is 17.7 Å². The zero-order valence-electron chi connectivity index (χ0n) is 19.6. The Morgan fingerprint density at radius 1 is 1.12 bits per heavy atom. The maximum absolute atomic E-state index is 13.1. The van der Waals surface area contributed by atoms with Crippen molar-refractivity contribution in [1.82, 2.24) is 30.2 Å². The van der Waals surface area contributed by atoms with Crippen molar-refractivity contribution in [2.24, 2.45) is 0 Å². The summed E-state index contributed by atoms with van der Waals surface area (Å²) in [7, 11) is 1.56. The van der Waals surface area contributed by atoms with Crippen LogP contribution in [-0.4, -0.2) is 76.1 Å². The second-order valence-corrected chi connectivity index (χ2v) is 9.18. The Morgan fingerprint density at radius 2 is 1.82 bits per heavy atom. The van der Waals surface area contributed by atoms with Gasteiger partial charge < -0.3 is 20.4 Å². The zero-order valence-corrected chi connectivity index (χ0v) is 19.6. The van der Waals surface area contributed by atoms with Gasteiger partial charge in [-0.2, -0.15) is 5.10 Å². The molecule has 2 N–H and O–H groups in total. The summed E-state index contributed by atoms with van der Waals surface area (Å²) in [5.74, 6) is -1.43. The summed E-state index contributed by atoms with van der Waals surface area (Å²) in [6.07, 6.45) is 3.63. The third-order valence-corrected chi connectivity index (χ3v) is 6.75. The molecule has 4 rings (SSSR count). The average molecular weight is 471 g/mol. The highest BCUT2D eigenvalue weighted by Gasteiger charge is 2.46. The summed E-state index contributed by atoms with van der Waals surface area (Å²) in [5, 5.41) is 10.0. The molecule has 0 aliphatic carbocycles. The number of halogens is 1. The highest BCUT2D eigenvalue weighted by molar-refractivity contribution is 6.01. The van der Waals surface area contributed by atoms with Gasteiger partial charge in [0.2, 0.25) is 5.91 Å². The molecule has 1 fully saturated rings. The lowest BCUT2D eigenvalue weighted by molar-refractivity contribution is -0.132. The minimum atomic E-state index is -1.20. The topological polar surface area (TPSA) is 99.6 Å². The number of carbonyl (C=O) groups is 3. The normalized spacial score (nSPS) is 20.7. The first-order valence-corrected chi connectivity index (χ1v) is 11.7. The van der Waals surface area contributed by atoms with Gasteiger partial charge in [0.15, 0.2) is 5.69 Å². The number of fused-ring (bicyclic) bond motifs is 1. The van der Waals surface area contributed by atoms with E-state index in [1.54, 1.807) is 26.1 Å². The smallest absolute Gasteiger partial charge is 0.272 e. The summed E-state index contributed by atoms with van der Waals surface area (Å²) in [4.78, 5) is 42.4. The van der Waals surface area contributed by atoms with Crippen molar-refractivity contribution in [2.45, 2.75) is 44.8 Å². The van der Waals surface area contributed by atoms with E-state index in [1.165, 1.54) is 47.0 Å². The minimum Gasteiger partial charge on any atom is -0.350 e. The fraction of sp³-hybridized carbons (Fsp3) is 0.500. The third kappa shape index (κ3) is 4.96. The second kappa shape index (κ2) is 9.92. The number of hydrogen-bond donors (Lipinski definition) is 2. The van der Waals surface area contributed by atoms with Crippen molar-refractivity contribution in [3.05, 3.63) is 53.1 Å². The number of benzene rings is 1. The van der Waals surface area contributed by atoms with E-state index in [0.29, 0.717) is 6.54 Å². The molecule has 1 atom stereocenters. The number of amides is 3. The van der Waals surface area contributed by atoms with Crippen LogP contribution in [0.4, 0.5) is 4.39 Å². The van der Waals surface area contributed by atoms with Crippen LogP contribution >= 0.6 is 0 Å². The Bertz CT molecular complexity index is 1060. The summed E-state index contributed by atoms with van der Waals surface area (Å²) in [6.45, 7) is 5.38. The van der Waals surface area contributed by atoms with E-state index in [-0.39, 0.29) is 48.0 Å². The number of nitrogens with zero attached hydrogens (tertiary/aromatic N) is 4. The molecule has 0 bridgehead atoms. The molecule has 3 heterocycles. The number of hydrogen-bond acceptors (Lipinski definition) is 5. The Labute approximate surface area is 198 Å². The van der Waals surface area contributed by atoms with Crippen molar-refractivity contribution < 1.29 is 18.8 Å². The van der Waals surface area contributed by atoms with Crippen molar-refractivity contribution in [3.8, 4) is 0 Å². The van der Waals surface area contributed by atoms with Crippen LogP contribution in [0, 0.1) is 5.82 Å². The first-order valence-electron chi connectivity index (χ1n) is 11.7. The molecule has 0 saturated carbocycles. The van der Waals surface area contributed by atoms with Gasteiger partial charge in [0, 0.05) is 32.7 Å². The van der Waals surface area contributed by atoms with Crippen LogP contribution in [0.2, 0.25) is 0 Å². The van der Waals surface area contributed by atoms with Gasteiger partial charge in [-0.1, -0.05) is 18.6 Å². The molecule has 3 amide bonds. The molecule has 1 unspecified atom stereocenters. The maximum Gasteiger partial charge on any atom is 0.272 e. The van der Waals surface area contributed by atoms with Crippen LogP contribution in [0.15, 0.2) is 30.3 Å². The van der Waals surface area contributed by atoms with Gasteiger partial charge in [0.1, 0.15) is 17.1 Å². The van der Waals surface area contributed by atoms with Gasteiger partial charge in [-0.05, 0) is 50.6 Å². The standard InChI is InChI=1S/C24H31FN6O3/c1-24(23(34)27-15-17-6-8-18(25)9-7-17)16-31-20(22(33)29(24)2)14-19(28-31)21(32)26-10-13-30-11-4-3-5-12-30/h6-9,14H,3-5,10-13,15-16H2,1-2H3,(H,26,32)(H,27,34). The highest BCUT2D eigenvalue weighted by atomic mass is 19.1. The van der Waals surface area contributed by atoms with Gasteiger partial charge in [-0.15, -0.1) is 0 Å². The van der Waals surface area contributed by atoms with E-state index in [0.717, 1.165) is 25.2 Å². The van der Waals surface area contributed by atoms with Gasteiger partial charge in [0.05, 0.1) is 6.54 Å². The molecule has 10 heteroatoms. The van der Waals surface area contributed by atoms with Gasteiger partial charge in [-0.25, -0.2) is 4.39 Å². The Morgan fingerprint density at radius 3 is 2.53 bits per heavy atom. The SMILES string of the molecule is CN1C(=O)c2cc(C(=O)NCCN3CCCCC3)nn2CC1(C)C(=O)NCc1ccc(F)cc1. The minimum absolute atomic E-state index is 0.112. The van der Waals surface area contributed by atoms with Crippen molar-refractivity contribution in [1.29, 1.82) is 0 Å². The Kier molecular flexibility index (Phi) is 6.97. The lowest BCUT2D eigenvalue weighted by Gasteiger charge is -2.40. The average Bonchev–Trinajstić information content (AvgIpc) is 3.26. The summed E-state index contributed by atoms with van der Waals surface area (Å²) in [6, 6.07) is 7.32. The summed E-state index contributed by atoms with van der Waals surface area (Å²) < 4.78 is 14.5. The van der Waals surface area contributed by atoms with Crippen LogP contribution in [0.5, 0.6) is 0 Å². The number of likely N-dealkylation sites (tertiary alicyclic amines) is 1. The lowest BCUT2D eigenvalue weighted by atomic mass is 9.96. The largest absolute Gasteiger partial charge is 0.350 e. The van der Waals surface area contributed by atoms with E-state index in [1.807, 2.05) is 0 Å². The number of rotatable bonds is 7. The van der Waals surface area contributed by atoms with E-state index in [9.17, 15) is 18.8 Å². The second-order valence-electron chi connectivity index (χ2n) is 9.18. The zero-order chi connectivity index (χ0) is 24.3. The molecular formula is C24H31FN6O3. The Hall–Kier alpha value is -3.27. The van der Waals surface area contributed by atoms with Crippen LogP contribution in [0.3, 0.4) is 0 Å². The monoisotopic (exact) mass is 470 g/mol. The number of carbonyl (C=O) groups excluding carboxylic acids is 3. The van der Waals surface area contributed by atoms with Gasteiger partial charge in [-0.3, -0.25) is 19.1 Å². The van der Waals surface area contributed by atoms with E-state index in [2.05, 4.69) is 20.6 Å². The molecular weight excluding hydrogens is 439 g/mol. The Balaban J connectivity index is 1.39.